The number of carbonyl (C=O) groups is 1. The maximum atomic E-state index is 11.5. The van der Waals surface area contributed by atoms with Gasteiger partial charge in [0.1, 0.15) is 0 Å². The first-order valence-corrected chi connectivity index (χ1v) is 6.45. The number of rotatable bonds is 3. The normalized spacial score (nSPS) is 21.6. The van der Waals surface area contributed by atoms with E-state index in [1.165, 1.54) is 12.7 Å². The Hall–Kier alpha value is -1.75. The van der Waals surface area contributed by atoms with Crippen LogP contribution < -0.4 is 9.47 Å². The van der Waals surface area contributed by atoms with Crippen molar-refractivity contribution >= 4 is 5.97 Å². The van der Waals surface area contributed by atoms with E-state index in [9.17, 15) is 4.79 Å². The number of methoxy groups -OCH3 is 1. The summed E-state index contributed by atoms with van der Waals surface area (Å²) in [7, 11) is 1.45. The van der Waals surface area contributed by atoms with Gasteiger partial charge >= 0.3 is 5.97 Å². The van der Waals surface area contributed by atoms with Gasteiger partial charge in [-0.2, -0.15) is 0 Å². The van der Waals surface area contributed by atoms with E-state index in [2.05, 4.69) is 4.90 Å². The Bertz CT molecular complexity index is 488. The van der Waals surface area contributed by atoms with Crippen LogP contribution in [0.4, 0.5) is 0 Å². The molecular weight excluding hydrogens is 246 g/mol. The zero-order chi connectivity index (χ0) is 13.2. The first-order valence-electron chi connectivity index (χ1n) is 6.45. The fourth-order valence-corrected chi connectivity index (χ4v) is 2.63. The number of likely N-dealkylation sites (tertiary alicyclic amines) is 1. The van der Waals surface area contributed by atoms with Crippen molar-refractivity contribution in [1.82, 2.24) is 4.90 Å². The van der Waals surface area contributed by atoms with Gasteiger partial charge in [-0.05, 0) is 30.7 Å². The van der Waals surface area contributed by atoms with Crippen molar-refractivity contribution in [2.45, 2.75) is 13.0 Å². The maximum absolute atomic E-state index is 11.5. The average Bonchev–Trinajstić information content (AvgIpc) is 3.06. The first kappa shape index (κ1) is 12.3. The van der Waals surface area contributed by atoms with Crippen LogP contribution in [0, 0.1) is 5.92 Å². The lowest BCUT2D eigenvalue weighted by atomic mass is 10.1. The van der Waals surface area contributed by atoms with Crippen molar-refractivity contribution in [2.24, 2.45) is 5.92 Å². The van der Waals surface area contributed by atoms with Crippen LogP contribution in [-0.2, 0) is 16.1 Å². The number of esters is 1. The third-order valence-electron chi connectivity index (χ3n) is 3.65. The Morgan fingerprint density at radius 3 is 3.11 bits per heavy atom. The van der Waals surface area contributed by atoms with Gasteiger partial charge in [0.05, 0.1) is 13.0 Å². The second-order valence-electron chi connectivity index (χ2n) is 4.93. The van der Waals surface area contributed by atoms with E-state index in [0.717, 1.165) is 37.6 Å². The van der Waals surface area contributed by atoms with Crippen LogP contribution >= 0.6 is 0 Å². The molecule has 0 bridgehead atoms. The Morgan fingerprint density at radius 1 is 1.42 bits per heavy atom. The average molecular weight is 263 g/mol. The van der Waals surface area contributed by atoms with E-state index in [4.69, 9.17) is 14.2 Å². The number of hydrogen-bond acceptors (Lipinski definition) is 5. The summed E-state index contributed by atoms with van der Waals surface area (Å²) < 4.78 is 15.4. The summed E-state index contributed by atoms with van der Waals surface area (Å²) in [5, 5.41) is 0. The summed E-state index contributed by atoms with van der Waals surface area (Å²) >= 11 is 0. The van der Waals surface area contributed by atoms with Gasteiger partial charge < -0.3 is 14.2 Å². The monoisotopic (exact) mass is 263 g/mol. The van der Waals surface area contributed by atoms with Gasteiger partial charge in [-0.3, -0.25) is 9.69 Å². The predicted molar refractivity (Wildman–Crippen MR) is 68.0 cm³/mol. The molecule has 1 atom stereocenters. The van der Waals surface area contributed by atoms with Crippen LogP contribution in [0.5, 0.6) is 11.5 Å². The summed E-state index contributed by atoms with van der Waals surface area (Å²) in [5.74, 6) is 1.52. The molecule has 1 saturated heterocycles. The predicted octanol–water partition coefficient (Wildman–Crippen LogP) is 1.41. The summed E-state index contributed by atoms with van der Waals surface area (Å²) in [6.07, 6.45) is 0.872. The third-order valence-corrected chi connectivity index (χ3v) is 3.65. The summed E-state index contributed by atoms with van der Waals surface area (Å²) in [6.45, 7) is 2.81. The van der Waals surface area contributed by atoms with Crippen molar-refractivity contribution in [3.05, 3.63) is 23.8 Å². The lowest BCUT2D eigenvalue weighted by Crippen LogP contribution is -2.23. The van der Waals surface area contributed by atoms with Crippen molar-refractivity contribution in [3.8, 4) is 11.5 Å². The van der Waals surface area contributed by atoms with Crippen LogP contribution in [0.1, 0.15) is 12.0 Å². The van der Waals surface area contributed by atoms with Crippen molar-refractivity contribution < 1.29 is 19.0 Å². The molecule has 19 heavy (non-hydrogen) atoms. The van der Waals surface area contributed by atoms with E-state index in [0.29, 0.717) is 6.79 Å². The first-order chi connectivity index (χ1) is 9.26. The maximum Gasteiger partial charge on any atom is 0.310 e. The van der Waals surface area contributed by atoms with Gasteiger partial charge in [-0.1, -0.05) is 6.07 Å². The fraction of sp³-hybridized carbons (Fsp3) is 0.500. The van der Waals surface area contributed by atoms with Gasteiger partial charge in [0.25, 0.3) is 0 Å². The Morgan fingerprint density at radius 2 is 2.26 bits per heavy atom. The molecule has 5 nitrogen and oxygen atoms in total. The van der Waals surface area contributed by atoms with Gasteiger partial charge in [0.2, 0.25) is 6.79 Å². The molecule has 1 fully saturated rings. The second kappa shape index (κ2) is 5.09. The molecule has 5 heteroatoms. The number of nitrogens with zero attached hydrogens (tertiary/aromatic N) is 1. The highest BCUT2D eigenvalue weighted by atomic mass is 16.7. The summed E-state index contributed by atoms with van der Waals surface area (Å²) in [5.41, 5.74) is 1.18. The van der Waals surface area contributed by atoms with Crippen molar-refractivity contribution in [3.63, 3.8) is 0 Å². The molecule has 3 rings (SSSR count). The topological polar surface area (TPSA) is 48.0 Å². The van der Waals surface area contributed by atoms with Crippen molar-refractivity contribution in [2.75, 3.05) is 27.0 Å². The number of hydrogen-bond donors (Lipinski definition) is 0. The quantitative estimate of drug-likeness (QED) is 0.772. The molecule has 0 radical (unpaired) electrons. The minimum Gasteiger partial charge on any atom is -0.469 e. The van der Waals surface area contributed by atoms with Gasteiger partial charge in [-0.15, -0.1) is 0 Å². The van der Waals surface area contributed by atoms with Crippen LogP contribution in [0.15, 0.2) is 18.2 Å². The molecule has 2 heterocycles. The molecular formula is C14H17NO4. The zero-order valence-electron chi connectivity index (χ0n) is 10.9. The van der Waals surface area contributed by atoms with E-state index in [1.54, 1.807) is 0 Å². The zero-order valence-corrected chi connectivity index (χ0v) is 10.9. The molecule has 0 spiro atoms. The number of benzene rings is 1. The van der Waals surface area contributed by atoms with Crippen LogP contribution in [0.25, 0.3) is 0 Å². The second-order valence-corrected chi connectivity index (χ2v) is 4.93. The molecule has 1 aromatic carbocycles. The Kier molecular flexibility index (Phi) is 3.29. The Balaban J connectivity index is 1.62. The minimum atomic E-state index is -0.104. The molecule has 102 valence electrons. The van der Waals surface area contributed by atoms with Crippen LogP contribution in [0.3, 0.4) is 0 Å². The lowest BCUT2D eigenvalue weighted by Gasteiger charge is -2.15. The van der Waals surface area contributed by atoms with E-state index in [-0.39, 0.29) is 11.9 Å². The third kappa shape index (κ3) is 2.51. The standard InChI is InChI=1S/C14H17NO4/c1-17-14(16)11-4-5-15(8-11)7-10-2-3-12-13(6-10)19-9-18-12/h2-3,6,11H,4-5,7-9H2,1H3. The molecule has 0 aliphatic carbocycles. The van der Waals surface area contributed by atoms with E-state index in [1.807, 2.05) is 18.2 Å². The highest BCUT2D eigenvalue weighted by Gasteiger charge is 2.29. The molecule has 1 aromatic rings. The Labute approximate surface area is 112 Å². The molecule has 0 aromatic heterocycles. The van der Waals surface area contributed by atoms with E-state index < -0.39 is 0 Å². The smallest absolute Gasteiger partial charge is 0.310 e. The summed E-state index contributed by atoms with van der Waals surface area (Å²) in [4.78, 5) is 13.7. The highest BCUT2D eigenvalue weighted by Crippen LogP contribution is 2.33. The SMILES string of the molecule is COC(=O)C1CCN(Cc2ccc3c(c2)OCO3)C1. The summed E-state index contributed by atoms with van der Waals surface area (Å²) in [6, 6.07) is 5.98. The van der Waals surface area contributed by atoms with Gasteiger partial charge in [0, 0.05) is 13.1 Å². The van der Waals surface area contributed by atoms with Crippen molar-refractivity contribution in [1.29, 1.82) is 0 Å². The van der Waals surface area contributed by atoms with Gasteiger partial charge in [-0.25, -0.2) is 0 Å². The lowest BCUT2D eigenvalue weighted by molar-refractivity contribution is -0.144. The number of carbonyl (C=O) groups excluding carboxylic acids is 1. The molecule has 0 amide bonds. The number of ether oxygens (including phenoxy) is 3. The van der Waals surface area contributed by atoms with E-state index >= 15 is 0 Å². The largest absolute Gasteiger partial charge is 0.469 e. The highest BCUT2D eigenvalue weighted by molar-refractivity contribution is 5.72. The molecule has 2 aliphatic rings. The number of fused-ring (bicyclic) bond motifs is 1. The van der Waals surface area contributed by atoms with Crippen LogP contribution in [-0.4, -0.2) is 37.9 Å². The van der Waals surface area contributed by atoms with Gasteiger partial charge in [0.15, 0.2) is 11.5 Å². The molecule has 1 unspecified atom stereocenters. The molecule has 0 N–H and O–H groups in total. The van der Waals surface area contributed by atoms with Crippen LogP contribution in [0.2, 0.25) is 0 Å². The molecule has 0 saturated carbocycles. The minimum absolute atomic E-state index is 0.0130. The fourth-order valence-electron chi connectivity index (χ4n) is 2.63. The molecule has 2 aliphatic heterocycles.